The SMILES string of the molecule is CC(CN(C)Cc1ccccc1)NC(=O)Nc1cc(F)c(F)cc1F. The fourth-order valence-electron chi connectivity index (χ4n) is 2.47. The molecule has 1 atom stereocenters. The summed E-state index contributed by atoms with van der Waals surface area (Å²) in [5.41, 5.74) is 0.728. The molecular formula is C18H20F3N3O. The monoisotopic (exact) mass is 351 g/mol. The maximum atomic E-state index is 13.5. The van der Waals surface area contributed by atoms with Crippen LogP contribution in [0.1, 0.15) is 12.5 Å². The van der Waals surface area contributed by atoms with Crippen LogP contribution in [0, 0.1) is 17.5 Å². The highest BCUT2D eigenvalue weighted by atomic mass is 19.2. The van der Waals surface area contributed by atoms with Gasteiger partial charge in [-0.25, -0.2) is 18.0 Å². The van der Waals surface area contributed by atoms with E-state index >= 15 is 0 Å². The molecule has 0 saturated heterocycles. The van der Waals surface area contributed by atoms with Gasteiger partial charge in [0.15, 0.2) is 11.6 Å². The van der Waals surface area contributed by atoms with E-state index in [1.54, 1.807) is 6.92 Å². The average Bonchev–Trinajstić information content (AvgIpc) is 2.53. The second-order valence-corrected chi connectivity index (χ2v) is 5.93. The Kier molecular flexibility index (Phi) is 6.41. The Morgan fingerprint density at radius 1 is 1.08 bits per heavy atom. The zero-order valence-electron chi connectivity index (χ0n) is 14.0. The first kappa shape index (κ1) is 18.8. The predicted octanol–water partition coefficient (Wildman–Crippen LogP) is 3.75. The number of hydrogen-bond donors (Lipinski definition) is 2. The molecule has 0 fully saturated rings. The molecule has 2 rings (SSSR count). The smallest absolute Gasteiger partial charge is 0.319 e. The number of urea groups is 1. The van der Waals surface area contributed by atoms with Crippen LogP contribution in [-0.2, 0) is 6.54 Å². The van der Waals surface area contributed by atoms with Crippen LogP contribution in [0.15, 0.2) is 42.5 Å². The highest BCUT2D eigenvalue weighted by molar-refractivity contribution is 5.89. The van der Waals surface area contributed by atoms with Crippen molar-refractivity contribution in [1.82, 2.24) is 10.2 Å². The summed E-state index contributed by atoms with van der Waals surface area (Å²) < 4.78 is 39.5. The van der Waals surface area contributed by atoms with Crippen LogP contribution in [0.25, 0.3) is 0 Å². The van der Waals surface area contributed by atoms with Crippen LogP contribution in [0.3, 0.4) is 0 Å². The number of nitrogens with one attached hydrogen (secondary N) is 2. The minimum absolute atomic E-state index is 0.234. The number of hydrogen-bond acceptors (Lipinski definition) is 2. The van der Waals surface area contributed by atoms with E-state index in [1.807, 2.05) is 42.3 Å². The van der Waals surface area contributed by atoms with Gasteiger partial charge in [0.2, 0.25) is 0 Å². The number of nitrogens with zero attached hydrogens (tertiary/aromatic N) is 1. The summed E-state index contributed by atoms with van der Waals surface area (Å²) in [6, 6.07) is 9.94. The molecule has 7 heteroatoms. The van der Waals surface area contributed by atoms with Gasteiger partial charge < -0.3 is 15.5 Å². The van der Waals surface area contributed by atoms with Gasteiger partial charge in [0.25, 0.3) is 0 Å². The molecule has 0 aromatic heterocycles. The molecule has 2 N–H and O–H groups in total. The predicted molar refractivity (Wildman–Crippen MR) is 90.7 cm³/mol. The van der Waals surface area contributed by atoms with E-state index in [0.717, 1.165) is 5.56 Å². The Balaban J connectivity index is 1.84. The molecule has 1 unspecified atom stereocenters. The summed E-state index contributed by atoms with van der Waals surface area (Å²) >= 11 is 0. The first-order valence-electron chi connectivity index (χ1n) is 7.79. The molecule has 0 aliphatic carbocycles. The molecule has 2 aromatic carbocycles. The van der Waals surface area contributed by atoms with Gasteiger partial charge in [0, 0.05) is 31.3 Å². The van der Waals surface area contributed by atoms with E-state index < -0.39 is 29.2 Å². The lowest BCUT2D eigenvalue weighted by molar-refractivity contribution is 0.241. The molecule has 0 bridgehead atoms. The van der Waals surface area contributed by atoms with Gasteiger partial charge in [-0.3, -0.25) is 0 Å². The Bertz CT molecular complexity index is 725. The number of rotatable bonds is 6. The third-order valence-corrected chi connectivity index (χ3v) is 3.52. The summed E-state index contributed by atoms with van der Waals surface area (Å²) in [4.78, 5) is 13.9. The molecule has 0 radical (unpaired) electrons. The van der Waals surface area contributed by atoms with Crippen LogP contribution in [0.5, 0.6) is 0 Å². The topological polar surface area (TPSA) is 44.4 Å². The van der Waals surface area contributed by atoms with Gasteiger partial charge in [-0.15, -0.1) is 0 Å². The van der Waals surface area contributed by atoms with E-state index in [-0.39, 0.29) is 6.04 Å². The molecule has 2 aromatic rings. The molecule has 25 heavy (non-hydrogen) atoms. The Morgan fingerprint density at radius 2 is 1.72 bits per heavy atom. The summed E-state index contributed by atoms with van der Waals surface area (Å²) in [5, 5.41) is 4.81. The molecular weight excluding hydrogens is 331 g/mol. The molecule has 0 heterocycles. The van der Waals surface area contributed by atoms with Crippen molar-refractivity contribution in [1.29, 1.82) is 0 Å². The maximum Gasteiger partial charge on any atom is 0.319 e. The normalized spacial score (nSPS) is 12.1. The second-order valence-electron chi connectivity index (χ2n) is 5.93. The average molecular weight is 351 g/mol. The molecule has 134 valence electrons. The van der Waals surface area contributed by atoms with Crippen LogP contribution in [-0.4, -0.2) is 30.6 Å². The zero-order valence-corrected chi connectivity index (χ0v) is 14.0. The lowest BCUT2D eigenvalue weighted by Gasteiger charge is -2.22. The summed E-state index contributed by atoms with van der Waals surface area (Å²) in [6.45, 7) is 3.07. The first-order chi connectivity index (χ1) is 11.8. The van der Waals surface area contributed by atoms with E-state index in [1.165, 1.54) is 0 Å². The third-order valence-electron chi connectivity index (χ3n) is 3.52. The van der Waals surface area contributed by atoms with Crippen molar-refractivity contribution in [3.8, 4) is 0 Å². The van der Waals surface area contributed by atoms with Crippen molar-refractivity contribution in [3.63, 3.8) is 0 Å². The second kappa shape index (κ2) is 8.53. The van der Waals surface area contributed by atoms with Crippen LogP contribution in [0.2, 0.25) is 0 Å². The van der Waals surface area contributed by atoms with Gasteiger partial charge in [0.1, 0.15) is 5.82 Å². The van der Waals surface area contributed by atoms with Crippen LogP contribution < -0.4 is 10.6 Å². The number of carbonyl (C=O) groups is 1. The number of carbonyl (C=O) groups excluding carboxylic acids is 1. The Labute approximate surface area is 144 Å². The molecule has 0 aliphatic rings. The van der Waals surface area contributed by atoms with Crippen molar-refractivity contribution in [3.05, 3.63) is 65.5 Å². The van der Waals surface area contributed by atoms with Crippen LogP contribution in [0.4, 0.5) is 23.7 Å². The van der Waals surface area contributed by atoms with E-state index in [2.05, 4.69) is 10.6 Å². The Morgan fingerprint density at radius 3 is 2.40 bits per heavy atom. The van der Waals surface area contributed by atoms with Gasteiger partial charge in [-0.2, -0.15) is 0 Å². The third kappa shape index (κ3) is 5.79. The van der Waals surface area contributed by atoms with E-state index in [4.69, 9.17) is 0 Å². The summed E-state index contributed by atoms with van der Waals surface area (Å²) in [6.07, 6.45) is 0. The van der Waals surface area contributed by atoms with Crippen molar-refractivity contribution in [2.24, 2.45) is 0 Å². The van der Waals surface area contributed by atoms with Gasteiger partial charge in [0.05, 0.1) is 5.69 Å². The highest BCUT2D eigenvalue weighted by Gasteiger charge is 2.14. The quantitative estimate of drug-likeness (QED) is 0.779. The standard InChI is InChI=1S/C18H20F3N3O/c1-12(10-24(2)11-13-6-4-3-5-7-13)22-18(25)23-17-9-15(20)14(19)8-16(17)21/h3-9,12H,10-11H2,1-2H3,(H2,22,23,25). The zero-order chi connectivity index (χ0) is 18.4. The molecule has 4 nitrogen and oxygen atoms in total. The number of amides is 2. The van der Waals surface area contributed by atoms with Crippen molar-refractivity contribution in [2.75, 3.05) is 18.9 Å². The molecule has 0 spiro atoms. The van der Waals surface area contributed by atoms with E-state index in [9.17, 15) is 18.0 Å². The van der Waals surface area contributed by atoms with Gasteiger partial charge in [-0.1, -0.05) is 30.3 Å². The van der Waals surface area contributed by atoms with Crippen molar-refractivity contribution in [2.45, 2.75) is 19.5 Å². The summed E-state index contributed by atoms with van der Waals surface area (Å²) in [7, 11) is 1.91. The number of benzene rings is 2. The first-order valence-corrected chi connectivity index (χ1v) is 7.79. The molecule has 0 saturated carbocycles. The summed E-state index contributed by atoms with van der Waals surface area (Å²) in [5.74, 6) is -3.57. The molecule has 0 aliphatic heterocycles. The van der Waals surface area contributed by atoms with Gasteiger partial charge >= 0.3 is 6.03 Å². The lowest BCUT2D eigenvalue weighted by atomic mass is 10.2. The van der Waals surface area contributed by atoms with Crippen molar-refractivity contribution >= 4 is 11.7 Å². The Hall–Kier alpha value is -2.54. The maximum absolute atomic E-state index is 13.5. The number of anilines is 1. The van der Waals surface area contributed by atoms with Gasteiger partial charge in [-0.05, 0) is 19.5 Å². The highest BCUT2D eigenvalue weighted by Crippen LogP contribution is 2.18. The number of halogens is 3. The fraction of sp³-hybridized carbons (Fsp3) is 0.278. The minimum Gasteiger partial charge on any atom is -0.334 e. The molecule has 2 amide bonds. The minimum atomic E-state index is -1.31. The lowest BCUT2D eigenvalue weighted by Crippen LogP contribution is -2.42. The fourth-order valence-corrected chi connectivity index (χ4v) is 2.47. The largest absolute Gasteiger partial charge is 0.334 e. The number of likely N-dealkylation sites (N-methyl/N-ethyl adjacent to an activating group) is 1. The van der Waals surface area contributed by atoms with E-state index in [0.29, 0.717) is 25.2 Å². The van der Waals surface area contributed by atoms with Crippen molar-refractivity contribution < 1.29 is 18.0 Å². The van der Waals surface area contributed by atoms with Crippen LogP contribution >= 0.6 is 0 Å².